The van der Waals surface area contributed by atoms with Gasteiger partial charge in [0, 0.05) is 0 Å². The lowest BCUT2D eigenvalue weighted by Crippen LogP contribution is -1.96. The molecule has 2 nitrogen and oxygen atoms in total. The van der Waals surface area contributed by atoms with Crippen molar-refractivity contribution in [1.29, 1.82) is 0 Å². The number of rotatable bonds is 2. The van der Waals surface area contributed by atoms with E-state index < -0.39 is 0 Å². The molecule has 2 N–H and O–H groups in total. The van der Waals surface area contributed by atoms with E-state index in [1.165, 1.54) is 0 Å². The molecule has 1 aromatic rings. The predicted molar refractivity (Wildman–Crippen MR) is 52.4 cm³/mol. The Bertz CT molecular complexity index is 280. The summed E-state index contributed by atoms with van der Waals surface area (Å²) in [6.45, 7) is 0.258. The first kappa shape index (κ1) is 10.7. The molecular formula is C9H10ClNO. The van der Waals surface area contributed by atoms with E-state index in [4.69, 9.17) is 16.9 Å². The Balaban J connectivity index is 0.00000121. The van der Waals surface area contributed by atoms with Crippen molar-refractivity contribution in [3.63, 3.8) is 0 Å². The van der Waals surface area contributed by atoms with Crippen molar-refractivity contribution >= 4 is 18.1 Å². The quantitative estimate of drug-likeness (QED) is 0.560. The van der Waals surface area contributed by atoms with Crippen LogP contribution >= 0.6 is 12.4 Å². The van der Waals surface area contributed by atoms with Gasteiger partial charge in [-0.05, 0) is 12.1 Å². The van der Waals surface area contributed by atoms with Gasteiger partial charge >= 0.3 is 0 Å². The molecule has 0 bridgehead atoms. The van der Waals surface area contributed by atoms with Gasteiger partial charge in [-0.25, -0.2) is 0 Å². The van der Waals surface area contributed by atoms with Crippen LogP contribution in [0, 0.1) is 12.3 Å². The van der Waals surface area contributed by atoms with E-state index in [-0.39, 0.29) is 19.0 Å². The summed E-state index contributed by atoms with van der Waals surface area (Å²) < 4.78 is 5.12. The molecule has 0 saturated heterocycles. The van der Waals surface area contributed by atoms with Crippen LogP contribution in [0.3, 0.4) is 0 Å². The van der Waals surface area contributed by atoms with Crippen LogP contribution in [0.15, 0.2) is 24.3 Å². The summed E-state index contributed by atoms with van der Waals surface area (Å²) in [4.78, 5) is 0. The average molecular weight is 184 g/mol. The summed E-state index contributed by atoms with van der Waals surface area (Å²) >= 11 is 0. The Morgan fingerprint density at radius 3 is 2.67 bits per heavy atom. The molecule has 0 aromatic heterocycles. The second-order valence-electron chi connectivity index (χ2n) is 2.03. The predicted octanol–water partition coefficient (Wildman–Crippen LogP) is 1.70. The number of hydrogen-bond acceptors (Lipinski definition) is 2. The lowest BCUT2D eigenvalue weighted by Gasteiger charge is -2.03. The molecule has 12 heavy (non-hydrogen) atoms. The van der Waals surface area contributed by atoms with E-state index >= 15 is 0 Å². The van der Waals surface area contributed by atoms with Gasteiger partial charge in [-0.15, -0.1) is 18.8 Å². The smallest absolute Gasteiger partial charge is 0.148 e. The van der Waals surface area contributed by atoms with Gasteiger partial charge in [0.1, 0.15) is 12.4 Å². The van der Waals surface area contributed by atoms with Gasteiger partial charge in [0.25, 0.3) is 0 Å². The largest absolute Gasteiger partial charge is 0.479 e. The second-order valence-corrected chi connectivity index (χ2v) is 2.03. The first-order valence-electron chi connectivity index (χ1n) is 3.25. The SMILES string of the molecule is C#CCOc1ccccc1N.Cl. The number of anilines is 1. The summed E-state index contributed by atoms with van der Waals surface area (Å²) in [5.74, 6) is 3.01. The number of hydrogen-bond donors (Lipinski definition) is 1. The highest BCUT2D eigenvalue weighted by Gasteiger charge is 1.94. The molecule has 0 aliphatic rings. The van der Waals surface area contributed by atoms with Crippen molar-refractivity contribution in [2.45, 2.75) is 0 Å². The Morgan fingerprint density at radius 2 is 2.08 bits per heavy atom. The Morgan fingerprint density at radius 1 is 1.42 bits per heavy atom. The summed E-state index contributed by atoms with van der Waals surface area (Å²) in [6, 6.07) is 7.25. The molecule has 0 spiro atoms. The number of halogens is 1. The van der Waals surface area contributed by atoms with Gasteiger partial charge in [-0.3, -0.25) is 0 Å². The summed E-state index contributed by atoms with van der Waals surface area (Å²) in [7, 11) is 0. The zero-order chi connectivity index (χ0) is 8.10. The van der Waals surface area contributed by atoms with Crippen LogP contribution in [0.1, 0.15) is 0 Å². The minimum atomic E-state index is 0. The lowest BCUT2D eigenvalue weighted by atomic mass is 10.3. The third kappa shape index (κ3) is 2.73. The number of terminal acetylenes is 1. The van der Waals surface area contributed by atoms with Crippen molar-refractivity contribution < 1.29 is 4.74 Å². The Kier molecular flexibility index (Phi) is 4.75. The van der Waals surface area contributed by atoms with Crippen LogP contribution in [0.4, 0.5) is 5.69 Å². The maximum absolute atomic E-state index is 5.57. The summed E-state index contributed by atoms with van der Waals surface area (Å²) in [5.41, 5.74) is 6.18. The highest BCUT2D eigenvalue weighted by atomic mass is 35.5. The number of nitrogens with two attached hydrogens (primary N) is 1. The van der Waals surface area contributed by atoms with Crippen LogP contribution < -0.4 is 10.5 Å². The third-order valence-corrected chi connectivity index (χ3v) is 1.23. The molecule has 0 heterocycles. The van der Waals surface area contributed by atoms with E-state index in [1.807, 2.05) is 12.1 Å². The average Bonchev–Trinajstić information content (AvgIpc) is 2.03. The fourth-order valence-electron chi connectivity index (χ4n) is 0.731. The summed E-state index contributed by atoms with van der Waals surface area (Å²) in [6.07, 6.45) is 5.01. The lowest BCUT2D eigenvalue weighted by molar-refractivity contribution is 0.372. The summed E-state index contributed by atoms with van der Waals surface area (Å²) in [5, 5.41) is 0. The first-order valence-corrected chi connectivity index (χ1v) is 3.25. The van der Waals surface area contributed by atoms with E-state index in [9.17, 15) is 0 Å². The van der Waals surface area contributed by atoms with Gasteiger partial charge in [0.2, 0.25) is 0 Å². The molecule has 1 aromatic carbocycles. The Hall–Kier alpha value is -1.33. The van der Waals surface area contributed by atoms with Gasteiger partial charge in [0.15, 0.2) is 0 Å². The van der Waals surface area contributed by atoms with Crippen molar-refractivity contribution in [2.24, 2.45) is 0 Å². The minimum absolute atomic E-state index is 0. The highest BCUT2D eigenvalue weighted by molar-refractivity contribution is 5.85. The monoisotopic (exact) mass is 183 g/mol. The van der Waals surface area contributed by atoms with E-state index in [1.54, 1.807) is 12.1 Å². The fourth-order valence-corrected chi connectivity index (χ4v) is 0.731. The molecule has 0 atom stereocenters. The van der Waals surface area contributed by atoms with Crippen LogP contribution in [0.25, 0.3) is 0 Å². The van der Waals surface area contributed by atoms with Crippen molar-refractivity contribution in [2.75, 3.05) is 12.3 Å². The minimum Gasteiger partial charge on any atom is -0.479 e. The fraction of sp³-hybridized carbons (Fsp3) is 0.111. The topological polar surface area (TPSA) is 35.2 Å². The van der Waals surface area contributed by atoms with Gasteiger partial charge < -0.3 is 10.5 Å². The molecule has 64 valence electrons. The number of ether oxygens (including phenoxy) is 1. The molecule has 0 unspecified atom stereocenters. The maximum Gasteiger partial charge on any atom is 0.148 e. The zero-order valence-electron chi connectivity index (χ0n) is 6.49. The molecule has 0 fully saturated rings. The molecule has 0 aliphatic heterocycles. The van der Waals surface area contributed by atoms with Crippen molar-refractivity contribution in [1.82, 2.24) is 0 Å². The molecule has 3 heteroatoms. The maximum atomic E-state index is 5.57. The van der Waals surface area contributed by atoms with Crippen molar-refractivity contribution in [3.05, 3.63) is 24.3 Å². The van der Waals surface area contributed by atoms with Gasteiger partial charge in [-0.2, -0.15) is 0 Å². The van der Waals surface area contributed by atoms with Gasteiger partial charge in [-0.1, -0.05) is 18.1 Å². The van der Waals surface area contributed by atoms with Crippen LogP contribution in [-0.2, 0) is 0 Å². The number of para-hydroxylation sites is 2. The molecule has 0 aliphatic carbocycles. The first-order chi connectivity index (χ1) is 5.34. The number of benzene rings is 1. The highest BCUT2D eigenvalue weighted by Crippen LogP contribution is 2.18. The Labute approximate surface area is 78.1 Å². The molecule has 0 saturated carbocycles. The third-order valence-electron chi connectivity index (χ3n) is 1.23. The van der Waals surface area contributed by atoms with Crippen LogP contribution in [0.5, 0.6) is 5.75 Å². The number of nitrogen functional groups attached to an aromatic ring is 1. The van der Waals surface area contributed by atoms with Crippen LogP contribution in [-0.4, -0.2) is 6.61 Å². The zero-order valence-corrected chi connectivity index (χ0v) is 7.30. The molecule has 0 amide bonds. The second kappa shape index (κ2) is 5.34. The van der Waals surface area contributed by atoms with Crippen molar-refractivity contribution in [3.8, 4) is 18.1 Å². The van der Waals surface area contributed by atoms with E-state index in [2.05, 4.69) is 5.92 Å². The van der Waals surface area contributed by atoms with Gasteiger partial charge in [0.05, 0.1) is 5.69 Å². The molecular weight excluding hydrogens is 174 g/mol. The molecule has 0 radical (unpaired) electrons. The normalized spacial score (nSPS) is 7.92. The standard InChI is InChI=1S/C9H9NO.ClH/c1-2-7-11-9-6-4-3-5-8(9)10;/h1,3-6H,7,10H2;1H. The van der Waals surface area contributed by atoms with E-state index in [0.717, 1.165) is 0 Å². The molecule has 1 rings (SSSR count). The van der Waals surface area contributed by atoms with E-state index in [0.29, 0.717) is 11.4 Å². The van der Waals surface area contributed by atoms with Crippen LogP contribution in [0.2, 0.25) is 0 Å².